The molecule has 0 amide bonds. The minimum atomic E-state index is -2.54. The van der Waals surface area contributed by atoms with Gasteiger partial charge in [0, 0.05) is 31.1 Å². The average Bonchev–Trinajstić information content (AvgIpc) is 3.21. The lowest BCUT2D eigenvalue weighted by Gasteiger charge is -2.39. The number of nitro groups is 1. The number of esters is 1. The fraction of sp³-hybridized carbons (Fsp3) is 0.526. The van der Waals surface area contributed by atoms with Gasteiger partial charge < -0.3 is 14.8 Å². The molecule has 1 aromatic rings. The van der Waals surface area contributed by atoms with Crippen LogP contribution in [-0.2, 0) is 25.7 Å². The molecule has 0 saturated carbocycles. The Morgan fingerprint density at radius 3 is 2.47 bits per heavy atom. The third kappa shape index (κ3) is 5.96. The van der Waals surface area contributed by atoms with Gasteiger partial charge in [-0.05, 0) is 44.0 Å². The maximum atomic E-state index is 13.2. The Bertz CT molecular complexity index is 797. The minimum Gasteiger partial charge on any atom is -0.453 e. The summed E-state index contributed by atoms with van der Waals surface area (Å²) in [5.41, 5.74) is 0.0310. The summed E-state index contributed by atoms with van der Waals surface area (Å²) in [6, 6.07) is 5.70. The van der Waals surface area contributed by atoms with Gasteiger partial charge in [0.2, 0.25) is 0 Å². The number of ether oxygens (including phenoxy) is 2. The van der Waals surface area contributed by atoms with Crippen LogP contribution in [0.4, 0.5) is 10.5 Å². The van der Waals surface area contributed by atoms with Crippen LogP contribution in [-0.4, -0.2) is 43.7 Å². The Hall–Kier alpha value is -2.11. The molecule has 0 spiro atoms. The van der Waals surface area contributed by atoms with Crippen molar-refractivity contribution in [3.8, 4) is 0 Å². The van der Waals surface area contributed by atoms with Gasteiger partial charge in [-0.1, -0.05) is 10.0 Å². The van der Waals surface area contributed by atoms with E-state index in [-0.39, 0.29) is 27.9 Å². The van der Waals surface area contributed by atoms with Crippen molar-refractivity contribution < 1.29 is 28.8 Å². The molecular formula is C19H26N2O7S2. The number of rotatable bonds is 8. The largest absolute Gasteiger partial charge is 0.453 e. The number of benzene rings is 1. The standard InChI is InChI=1S/C19H26N2O7S2/c1-13(22)28-15(3)29-12-30(14(2)23,18-5-4-10-20-18)19(24)27-11-16-6-8-17(9-7-16)21(25)26/h6-9,15,18,20H,4-5,10-12H2,1-3H3/t15-,18-/m0/s1. The highest BCUT2D eigenvalue weighted by Gasteiger charge is 2.47. The molecule has 0 bridgehead atoms. The first-order valence-corrected chi connectivity index (χ1v) is 12.3. The predicted molar refractivity (Wildman–Crippen MR) is 116 cm³/mol. The Balaban J connectivity index is 2.17. The van der Waals surface area contributed by atoms with Crippen LogP contribution in [0.2, 0.25) is 0 Å². The number of thioether (sulfide) groups is 1. The molecule has 2 rings (SSSR count). The van der Waals surface area contributed by atoms with Crippen molar-refractivity contribution in [3.05, 3.63) is 39.9 Å². The lowest BCUT2D eigenvalue weighted by Crippen LogP contribution is -2.38. The van der Waals surface area contributed by atoms with Gasteiger partial charge in [0.15, 0.2) is 5.12 Å². The predicted octanol–water partition coefficient (Wildman–Crippen LogP) is 3.89. The third-order valence-corrected chi connectivity index (χ3v) is 10.3. The second-order valence-electron chi connectivity index (χ2n) is 6.79. The zero-order chi connectivity index (χ0) is 22.3. The Morgan fingerprint density at radius 1 is 1.30 bits per heavy atom. The number of non-ortho nitro benzene ring substituents is 1. The quantitative estimate of drug-likeness (QED) is 0.267. The normalized spacial score (nSPS) is 19.9. The van der Waals surface area contributed by atoms with Crippen molar-refractivity contribution in [3.63, 3.8) is 0 Å². The van der Waals surface area contributed by atoms with Gasteiger partial charge in [0.1, 0.15) is 12.0 Å². The van der Waals surface area contributed by atoms with Crippen molar-refractivity contribution in [2.75, 3.05) is 11.6 Å². The molecule has 1 aliphatic rings. The molecule has 30 heavy (non-hydrogen) atoms. The maximum absolute atomic E-state index is 13.2. The van der Waals surface area contributed by atoms with Gasteiger partial charge in [-0.15, -0.1) is 11.8 Å². The van der Waals surface area contributed by atoms with Gasteiger partial charge >= 0.3 is 11.3 Å². The van der Waals surface area contributed by atoms with Gasteiger partial charge in [-0.3, -0.25) is 19.7 Å². The maximum Gasteiger partial charge on any atom is 0.358 e. The molecule has 3 atom stereocenters. The Labute approximate surface area is 180 Å². The number of nitro benzene ring substituents is 1. The van der Waals surface area contributed by atoms with Crippen LogP contribution in [0.3, 0.4) is 0 Å². The Kier molecular flexibility index (Phi) is 8.68. The van der Waals surface area contributed by atoms with E-state index in [0.29, 0.717) is 18.5 Å². The Morgan fingerprint density at radius 2 is 1.97 bits per heavy atom. The van der Waals surface area contributed by atoms with E-state index >= 15 is 0 Å². The van der Waals surface area contributed by atoms with Crippen LogP contribution in [0.1, 0.15) is 39.2 Å². The van der Waals surface area contributed by atoms with Crippen LogP contribution in [0.15, 0.2) is 24.3 Å². The van der Waals surface area contributed by atoms with Crippen LogP contribution >= 0.6 is 21.8 Å². The molecular weight excluding hydrogens is 432 g/mol. The van der Waals surface area contributed by atoms with E-state index in [1.165, 1.54) is 49.9 Å². The van der Waals surface area contributed by atoms with E-state index in [0.717, 1.165) is 6.42 Å². The molecule has 1 fully saturated rings. The number of nitrogens with one attached hydrogen (secondary N) is 1. The van der Waals surface area contributed by atoms with Crippen molar-refractivity contribution in [2.45, 2.75) is 51.0 Å². The van der Waals surface area contributed by atoms with Crippen molar-refractivity contribution >= 4 is 43.9 Å². The number of hydrogen-bond acceptors (Lipinski definition) is 9. The van der Waals surface area contributed by atoms with E-state index in [4.69, 9.17) is 9.47 Å². The van der Waals surface area contributed by atoms with Crippen LogP contribution in [0.25, 0.3) is 0 Å². The topological polar surface area (TPSA) is 125 Å². The molecule has 1 aromatic carbocycles. The van der Waals surface area contributed by atoms with Crippen molar-refractivity contribution in [2.24, 2.45) is 0 Å². The van der Waals surface area contributed by atoms with Gasteiger partial charge in [-0.25, -0.2) is 4.79 Å². The first-order valence-electron chi connectivity index (χ1n) is 9.39. The summed E-state index contributed by atoms with van der Waals surface area (Å²) in [4.78, 5) is 47.4. The molecule has 1 heterocycles. The SMILES string of the molecule is CC(=O)O[C@H](C)SCS(C(C)=O)(C(=O)OCc1ccc([N+](=O)[O-])cc1)[C@H]1CCCN1. The molecule has 11 heteroatoms. The number of nitrogens with zero attached hydrogens (tertiary/aromatic N) is 1. The van der Waals surface area contributed by atoms with Crippen molar-refractivity contribution in [1.82, 2.24) is 5.32 Å². The first-order chi connectivity index (χ1) is 14.2. The van der Waals surface area contributed by atoms with Crippen LogP contribution in [0.5, 0.6) is 0 Å². The van der Waals surface area contributed by atoms with E-state index < -0.39 is 31.7 Å². The molecule has 9 nitrogen and oxygen atoms in total. The highest BCUT2D eigenvalue weighted by molar-refractivity contribution is 8.59. The van der Waals surface area contributed by atoms with Crippen LogP contribution in [0, 0.1) is 10.1 Å². The fourth-order valence-electron chi connectivity index (χ4n) is 3.08. The smallest absolute Gasteiger partial charge is 0.358 e. The van der Waals surface area contributed by atoms with E-state index in [1.54, 1.807) is 6.92 Å². The zero-order valence-corrected chi connectivity index (χ0v) is 18.8. The number of carbonyl (C=O) groups excluding carboxylic acids is 3. The van der Waals surface area contributed by atoms with E-state index in [2.05, 4.69) is 5.32 Å². The summed E-state index contributed by atoms with van der Waals surface area (Å²) >= 11 is 1.24. The second-order valence-corrected chi connectivity index (χ2v) is 11.8. The molecule has 1 saturated heterocycles. The van der Waals surface area contributed by atoms with E-state index in [1.807, 2.05) is 0 Å². The third-order valence-electron chi connectivity index (χ3n) is 4.64. The molecule has 0 aliphatic carbocycles. The van der Waals surface area contributed by atoms with Crippen molar-refractivity contribution in [1.29, 1.82) is 0 Å². The molecule has 1 aliphatic heterocycles. The number of hydrogen-bond donors (Lipinski definition) is 1. The lowest BCUT2D eigenvalue weighted by atomic mass is 10.2. The molecule has 1 N–H and O–H groups in total. The van der Waals surface area contributed by atoms with Gasteiger partial charge in [-0.2, -0.15) is 0 Å². The molecule has 0 radical (unpaired) electrons. The number of carbonyl (C=O) groups is 3. The summed E-state index contributed by atoms with van der Waals surface area (Å²) in [5, 5.41) is 13.1. The average molecular weight is 459 g/mol. The molecule has 1 unspecified atom stereocenters. The summed E-state index contributed by atoms with van der Waals surface area (Å²) in [7, 11) is -2.54. The lowest BCUT2D eigenvalue weighted by molar-refractivity contribution is -0.384. The van der Waals surface area contributed by atoms with E-state index in [9.17, 15) is 24.5 Å². The molecule has 0 aromatic heterocycles. The summed E-state index contributed by atoms with van der Waals surface area (Å²) in [6.45, 7) is 5.03. The first kappa shape index (κ1) is 24.2. The second kappa shape index (κ2) is 10.8. The highest BCUT2D eigenvalue weighted by Crippen LogP contribution is 2.59. The van der Waals surface area contributed by atoms with Gasteiger partial charge in [0.05, 0.1) is 10.3 Å². The molecule has 166 valence electrons. The monoisotopic (exact) mass is 458 g/mol. The zero-order valence-electron chi connectivity index (χ0n) is 17.1. The minimum absolute atomic E-state index is 0.0557. The summed E-state index contributed by atoms with van der Waals surface area (Å²) < 4.78 is 10.7. The summed E-state index contributed by atoms with van der Waals surface area (Å²) in [6.07, 6.45) is 1.54. The fourth-order valence-corrected chi connectivity index (χ4v) is 8.72. The van der Waals surface area contributed by atoms with Crippen LogP contribution < -0.4 is 5.32 Å². The van der Waals surface area contributed by atoms with Gasteiger partial charge in [0.25, 0.3) is 5.69 Å². The highest BCUT2D eigenvalue weighted by atomic mass is 32.3. The summed E-state index contributed by atoms with van der Waals surface area (Å²) in [5.74, 6) is -0.432.